The van der Waals surface area contributed by atoms with Gasteiger partial charge in [0.2, 0.25) is 17.9 Å². The molecule has 3 aromatic rings. The van der Waals surface area contributed by atoms with Gasteiger partial charge in [-0.3, -0.25) is 4.79 Å². The van der Waals surface area contributed by atoms with Crippen molar-refractivity contribution in [2.24, 2.45) is 10.7 Å². The summed E-state index contributed by atoms with van der Waals surface area (Å²) in [6.07, 6.45) is -2.05. The van der Waals surface area contributed by atoms with E-state index in [1.54, 1.807) is 41.3 Å². The molecule has 0 bridgehead atoms. The van der Waals surface area contributed by atoms with E-state index in [4.69, 9.17) is 22.1 Å². The lowest BCUT2D eigenvalue weighted by Gasteiger charge is -2.42. The van der Waals surface area contributed by atoms with Crippen LogP contribution in [0.25, 0.3) is 0 Å². The lowest BCUT2D eigenvalue weighted by atomic mass is 10.1. The number of anilines is 3. The Hall–Kier alpha value is -4.86. The Bertz CT molecular complexity index is 1640. The van der Waals surface area contributed by atoms with E-state index in [1.165, 1.54) is 0 Å². The Labute approximate surface area is 273 Å². The molecular weight excluding hydrogens is 641 g/mol. The lowest BCUT2D eigenvalue weighted by Crippen LogP contribution is -2.57. The van der Waals surface area contributed by atoms with E-state index < -0.39 is 30.4 Å². The van der Waals surface area contributed by atoms with Gasteiger partial charge in [-0.1, -0.05) is 23.7 Å². The smallest absolute Gasteiger partial charge is 0.422 e. The topological polar surface area (TPSA) is 154 Å². The second-order valence-corrected chi connectivity index (χ2v) is 11.9. The molecule has 13 nitrogen and oxygen atoms in total. The quantitative estimate of drug-likeness (QED) is 0.234. The van der Waals surface area contributed by atoms with Gasteiger partial charge in [0, 0.05) is 55.5 Å². The maximum atomic E-state index is 13.3. The van der Waals surface area contributed by atoms with Crippen molar-refractivity contribution in [2.45, 2.75) is 31.0 Å². The fraction of sp³-hybridized carbons (Fsp3) is 0.400. The van der Waals surface area contributed by atoms with Crippen LogP contribution in [0.1, 0.15) is 35.2 Å². The zero-order valence-electron chi connectivity index (χ0n) is 25.1. The van der Waals surface area contributed by atoms with Gasteiger partial charge >= 0.3 is 18.2 Å². The zero-order valence-corrected chi connectivity index (χ0v) is 25.9. The maximum absolute atomic E-state index is 13.3. The van der Waals surface area contributed by atoms with Crippen molar-refractivity contribution in [3.63, 3.8) is 0 Å². The predicted octanol–water partition coefficient (Wildman–Crippen LogP) is 4.21. The van der Waals surface area contributed by atoms with Crippen molar-refractivity contribution in [3.8, 4) is 6.01 Å². The van der Waals surface area contributed by atoms with Crippen LogP contribution in [0, 0.1) is 0 Å². The van der Waals surface area contributed by atoms with E-state index >= 15 is 0 Å². The molecule has 2 aromatic carbocycles. The van der Waals surface area contributed by atoms with Crippen LogP contribution in [0.2, 0.25) is 5.02 Å². The molecule has 248 valence electrons. The van der Waals surface area contributed by atoms with Crippen molar-refractivity contribution in [2.75, 3.05) is 56.5 Å². The molecule has 3 amide bonds. The highest BCUT2D eigenvalue weighted by Crippen LogP contribution is 2.48. The fourth-order valence-corrected chi connectivity index (χ4v) is 5.47. The number of nitrogens with two attached hydrogens (primary N) is 1. The molecule has 0 spiro atoms. The predicted molar refractivity (Wildman–Crippen MR) is 168 cm³/mol. The van der Waals surface area contributed by atoms with Gasteiger partial charge in [0.05, 0.1) is 5.54 Å². The molecule has 0 unspecified atom stereocenters. The number of piperazine rings is 1. The van der Waals surface area contributed by atoms with Gasteiger partial charge in [-0.05, 0) is 61.2 Å². The van der Waals surface area contributed by atoms with E-state index in [0.717, 1.165) is 37.9 Å². The lowest BCUT2D eigenvalue weighted by molar-refractivity contribution is -0.154. The number of carbonyl (C=O) groups excluding carboxylic acids is 2. The molecule has 0 atom stereocenters. The Balaban J connectivity index is 1.12. The first kappa shape index (κ1) is 32.1. The molecule has 3 aliphatic rings. The highest BCUT2D eigenvalue weighted by atomic mass is 35.5. The fourth-order valence-electron chi connectivity index (χ4n) is 5.35. The maximum Gasteiger partial charge on any atom is 0.422 e. The highest BCUT2D eigenvalue weighted by molar-refractivity contribution is 6.30. The normalized spacial score (nSPS) is 17.5. The van der Waals surface area contributed by atoms with Crippen LogP contribution in [0.4, 0.5) is 35.5 Å². The minimum Gasteiger partial charge on any atom is -0.454 e. The minimum absolute atomic E-state index is 0.0382. The zero-order chi connectivity index (χ0) is 33.2. The minimum atomic E-state index is -4.59. The SMILES string of the molecule is NC(=O)/N=C(\N1CCC1)N1CCN(C(=O)c2ccc(Nc3nc(NC4(c5ccc(Cl)cc5)CC4)nc(OCC(F)(F)F)n3)cc2)CC1. The number of likely N-dealkylation sites (tertiary alicyclic amines) is 1. The van der Waals surface area contributed by atoms with Crippen LogP contribution in [0.3, 0.4) is 0 Å². The number of halogens is 4. The van der Waals surface area contributed by atoms with E-state index in [2.05, 4.69) is 30.6 Å². The van der Waals surface area contributed by atoms with Gasteiger partial charge in [0.25, 0.3) is 5.91 Å². The molecule has 1 aromatic heterocycles. The van der Waals surface area contributed by atoms with E-state index in [1.807, 2.05) is 21.9 Å². The van der Waals surface area contributed by atoms with Gasteiger partial charge < -0.3 is 35.8 Å². The Morgan fingerprint density at radius 2 is 1.51 bits per heavy atom. The number of rotatable bonds is 8. The number of primary amides is 1. The summed E-state index contributed by atoms with van der Waals surface area (Å²) < 4.78 is 43.6. The molecule has 3 heterocycles. The third kappa shape index (κ3) is 7.93. The molecule has 1 aliphatic carbocycles. The second kappa shape index (κ2) is 13.1. The third-order valence-electron chi connectivity index (χ3n) is 8.06. The van der Waals surface area contributed by atoms with Gasteiger partial charge in [-0.25, -0.2) is 4.79 Å². The van der Waals surface area contributed by atoms with Crippen LogP contribution in [-0.2, 0) is 5.54 Å². The van der Waals surface area contributed by atoms with Crippen LogP contribution in [-0.4, -0.2) is 99.6 Å². The number of urea groups is 1. The first-order valence-electron chi connectivity index (χ1n) is 15.0. The summed E-state index contributed by atoms with van der Waals surface area (Å²) in [7, 11) is 0. The molecule has 2 saturated heterocycles. The average Bonchev–Trinajstić information content (AvgIpc) is 3.79. The molecule has 1 saturated carbocycles. The van der Waals surface area contributed by atoms with E-state index in [-0.39, 0.29) is 17.8 Å². The number of ether oxygens (including phenoxy) is 1. The summed E-state index contributed by atoms with van der Waals surface area (Å²) in [5, 5.41) is 6.78. The molecule has 2 aliphatic heterocycles. The molecule has 47 heavy (non-hydrogen) atoms. The summed E-state index contributed by atoms with van der Waals surface area (Å²) >= 11 is 6.03. The molecule has 4 N–H and O–H groups in total. The van der Waals surface area contributed by atoms with Crippen LogP contribution in [0.5, 0.6) is 6.01 Å². The summed E-state index contributed by atoms with van der Waals surface area (Å²) in [6.45, 7) is 1.91. The van der Waals surface area contributed by atoms with E-state index in [0.29, 0.717) is 48.4 Å². The van der Waals surface area contributed by atoms with Crippen LogP contribution >= 0.6 is 11.6 Å². The number of carbonyl (C=O) groups is 2. The van der Waals surface area contributed by atoms with Crippen molar-refractivity contribution < 1.29 is 27.5 Å². The summed E-state index contributed by atoms with van der Waals surface area (Å²) in [5.74, 6) is 0.376. The Kier molecular flexibility index (Phi) is 8.94. The number of amides is 3. The highest BCUT2D eigenvalue weighted by Gasteiger charge is 2.45. The number of aliphatic imine (C=N–C) groups is 1. The average molecular weight is 673 g/mol. The number of hydrogen-bond acceptors (Lipinski definition) is 8. The monoisotopic (exact) mass is 672 g/mol. The van der Waals surface area contributed by atoms with Crippen molar-refractivity contribution in [1.82, 2.24) is 29.7 Å². The van der Waals surface area contributed by atoms with Gasteiger partial charge in [-0.2, -0.15) is 33.1 Å². The molecular formula is C30H32ClF3N10O3. The Morgan fingerprint density at radius 3 is 2.09 bits per heavy atom. The number of hydrogen-bond donors (Lipinski definition) is 3. The number of aromatic nitrogens is 3. The number of nitrogens with one attached hydrogen (secondary N) is 2. The number of alkyl halides is 3. The molecule has 3 fully saturated rings. The van der Waals surface area contributed by atoms with Gasteiger partial charge in [-0.15, -0.1) is 0 Å². The van der Waals surface area contributed by atoms with Crippen molar-refractivity contribution >= 4 is 47.1 Å². The van der Waals surface area contributed by atoms with Crippen molar-refractivity contribution in [1.29, 1.82) is 0 Å². The Morgan fingerprint density at radius 1 is 0.894 bits per heavy atom. The van der Waals surface area contributed by atoms with Crippen molar-refractivity contribution in [3.05, 3.63) is 64.7 Å². The van der Waals surface area contributed by atoms with Crippen LogP contribution < -0.4 is 21.1 Å². The van der Waals surface area contributed by atoms with Crippen LogP contribution in [0.15, 0.2) is 53.5 Å². The van der Waals surface area contributed by atoms with Gasteiger partial charge in [0.15, 0.2) is 6.61 Å². The summed E-state index contributed by atoms with van der Waals surface area (Å²) in [5.41, 5.74) is 6.69. The first-order chi connectivity index (χ1) is 22.5. The second-order valence-electron chi connectivity index (χ2n) is 11.5. The summed E-state index contributed by atoms with van der Waals surface area (Å²) in [6, 6.07) is 12.6. The first-order valence-corrected chi connectivity index (χ1v) is 15.4. The number of nitrogens with zero attached hydrogens (tertiary/aromatic N) is 7. The van der Waals surface area contributed by atoms with Gasteiger partial charge in [0.1, 0.15) is 0 Å². The van der Waals surface area contributed by atoms with E-state index in [9.17, 15) is 22.8 Å². The molecule has 0 radical (unpaired) electrons. The molecule has 17 heteroatoms. The number of guanidine groups is 1. The largest absolute Gasteiger partial charge is 0.454 e. The summed E-state index contributed by atoms with van der Waals surface area (Å²) in [4.78, 5) is 46.9. The standard InChI is InChI=1S/C30H32ClF3N10O3/c31-21-6-4-20(5-7-21)29(10-11-29)41-26-38-25(39-27(40-26)47-18-30(32,33)34)36-22-8-2-19(3-9-22)23(45)42-14-16-44(17-15-42)28(37-24(35)46)43-12-1-13-43/h2-9H,1,10-18H2,(H2,35,46)(H2,36,38,39,40,41)/b37-28+. The third-order valence-corrected chi connectivity index (χ3v) is 8.32. The number of benzene rings is 2. The molecule has 6 rings (SSSR count).